The first-order chi connectivity index (χ1) is 6.43. The summed E-state index contributed by atoms with van der Waals surface area (Å²) < 4.78 is 0. The van der Waals surface area contributed by atoms with E-state index in [1.807, 2.05) is 30.3 Å². The Kier molecular flexibility index (Phi) is 3.85. The van der Waals surface area contributed by atoms with Gasteiger partial charge in [0.1, 0.15) is 0 Å². The second-order valence-corrected chi connectivity index (χ2v) is 2.24. The summed E-state index contributed by atoms with van der Waals surface area (Å²) in [5, 5.41) is 14.5. The molecule has 1 N–H and O–H groups in total. The van der Waals surface area contributed by atoms with Crippen LogP contribution in [-0.2, 0) is 0 Å². The zero-order chi connectivity index (χ0) is 9.36. The number of nitrogens with zero attached hydrogens (tertiary/aromatic N) is 2. The molecular formula is C10H9N3. The van der Waals surface area contributed by atoms with Gasteiger partial charge >= 0.3 is 0 Å². The first kappa shape index (κ1) is 9.01. The van der Waals surface area contributed by atoms with Crippen LogP contribution in [0.5, 0.6) is 0 Å². The number of benzene rings is 1. The summed E-state index contributed by atoms with van der Waals surface area (Å²) in [4.78, 5) is 0. The fourth-order valence-electron chi connectivity index (χ4n) is 0.728. The van der Waals surface area contributed by atoms with Gasteiger partial charge in [-0.1, -0.05) is 18.2 Å². The third-order valence-corrected chi connectivity index (χ3v) is 1.31. The minimum Gasteiger partial charge on any atom is -0.286 e. The van der Waals surface area contributed by atoms with E-state index in [9.17, 15) is 0 Å². The first-order valence-corrected chi connectivity index (χ1v) is 3.82. The molecule has 0 aliphatic rings. The van der Waals surface area contributed by atoms with Crippen LogP contribution >= 0.6 is 0 Å². The van der Waals surface area contributed by atoms with Gasteiger partial charge in [-0.2, -0.15) is 10.4 Å². The largest absolute Gasteiger partial charge is 0.286 e. The van der Waals surface area contributed by atoms with Crippen molar-refractivity contribution in [1.29, 1.82) is 5.26 Å². The Morgan fingerprint density at radius 1 is 1.15 bits per heavy atom. The molecule has 0 bridgehead atoms. The second kappa shape index (κ2) is 5.56. The molecule has 1 aromatic heterocycles. The molecule has 1 heterocycles. The van der Waals surface area contributed by atoms with Gasteiger partial charge in [0, 0.05) is 12.4 Å². The highest BCUT2D eigenvalue weighted by Gasteiger charge is 1.79. The zero-order valence-corrected chi connectivity index (χ0v) is 7.01. The van der Waals surface area contributed by atoms with Crippen molar-refractivity contribution < 1.29 is 0 Å². The van der Waals surface area contributed by atoms with Crippen LogP contribution in [0.15, 0.2) is 48.8 Å². The van der Waals surface area contributed by atoms with E-state index >= 15 is 0 Å². The van der Waals surface area contributed by atoms with Crippen molar-refractivity contribution in [3.8, 4) is 6.07 Å². The number of nitrogens with one attached hydrogen (secondary N) is 1. The smallest absolute Gasteiger partial charge is 0.0991 e. The van der Waals surface area contributed by atoms with E-state index in [1.165, 1.54) is 0 Å². The van der Waals surface area contributed by atoms with Crippen LogP contribution in [0.25, 0.3) is 0 Å². The van der Waals surface area contributed by atoms with E-state index in [4.69, 9.17) is 5.26 Å². The molecule has 0 aliphatic heterocycles. The Labute approximate surface area is 76.6 Å². The monoisotopic (exact) mass is 171 g/mol. The SMILES string of the molecule is N#Cc1ccccc1.c1cn[nH]c1. The molecule has 0 spiro atoms. The van der Waals surface area contributed by atoms with E-state index in [1.54, 1.807) is 24.5 Å². The molecule has 0 aliphatic carbocycles. The molecule has 2 rings (SSSR count). The van der Waals surface area contributed by atoms with Crippen LogP contribution in [0.2, 0.25) is 0 Å². The predicted molar refractivity (Wildman–Crippen MR) is 49.7 cm³/mol. The van der Waals surface area contributed by atoms with Crippen LogP contribution in [0.1, 0.15) is 5.56 Å². The lowest BCUT2D eigenvalue weighted by Gasteiger charge is -1.80. The Balaban J connectivity index is 0.000000145. The van der Waals surface area contributed by atoms with Gasteiger partial charge in [0.15, 0.2) is 0 Å². The van der Waals surface area contributed by atoms with Crippen molar-refractivity contribution in [2.24, 2.45) is 0 Å². The average molecular weight is 171 g/mol. The number of rotatable bonds is 0. The van der Waals surface area contributed by atoms with Crippen molar-refractivity contribution in [2.75, 3.05) is 0 Å². The van der Waals surface area contributed by atoms with E-state index in [0.717, 1.165) is 0 Å². The zero-order valence-electron chi connectivity index (χ0n) is 7.01. The average Bonchev–Trinajstić information content (AvgIpc) is 2.77. The van der Waals surface area contributed by atoms with Gasteiger partial charge in [0.25, 0.3) is 0 Å². The number of hydrogen-bond acceptors (Lipinski definition) is 2. The summed E-state index contributed by atoms with van der Waals surface area (Å²) in [6.07, 6.45) is 3.46. The number of aromatic amines is 1. The maximum atomic E-state index is 8.29. The lowest BCUT2D eigenvalue weighted by atomic mass is 10.2. The fourth-order valence-corrected chi connectivity index (χ4v) is 0.728. The molecule has 13 heavy (non-hydrogen) atoms. The Morgan fingerprint density at radius 2 is 1.92 bits per heavy atom. The summed E-state index contributed by atoms with van der Waals surface area (Å²) in [6, 6.07) is 13.0. The lowest BCUT2D eigenvalue weighted by Crippen LogP contribution is -1.66. The summed E-state index contributed by atoms with van der Waals surface area (Å²) in [5.41, 5.74) is 0.715. The summed E-state index contributed by atoms with van der Waals surface area (Å²) in [6.45, 7) is 0. The highest BCUT2D eigenvalue weighted by atomic mass is 15.1. The van der Waals surface area contributed by atoms with Crippen LogP contribution in [0.4, 0.5) is 0 Å². The number of aromatic nitrogens is 2. The van der Waals surface area contributed by atoms with Gasteiger partial charge in [-0.3, -0.25) is 5.10 Å². The van der Waals surface area contributed by atoms with E-state index in [2.05, 4.69) is 10.2 Å². The molecule has 3 nitrogen and oxygen atoms in total. The number of nitriles is 1. The molecule has 0 saturated carbocycles. The second-order valence-electron chi connectivity index (χ2n) is 2.24. The van der Waals surface area contributed by atoms with Crippen LogP contribution < -0.4 is 0 Å². The Morgan fingerprint density at radius 3 is 2.23 bits per heavy atom. The standard InChI is InChI=1S/C7H5N.C3H4N2/c8-6-7-4-2-1-3-5-7;1-2-4-5-3-1/h1-5H;1-3H,(H,4,5). The third kappa shape index (κ3) is 3.73. The van der Waals surface area contributed by atoms with E-state index in [-0.39, 0.29) is 0 Å². The molecule has 0 radical (unpaired) electrons. The fraction of sp³-hybridized carbons (Fsp3) is 0. The van der Waals surface area contributed by atoms with Crippen LogP contribution in [0, 0.1) is 11.3 Å². The van der Waals surface area contributed by atoms with Crippen molar-refractivity contribution in [3.63, 3.8) is 0 Å². The quantitative estimate of drug-likeness (QED) is 0.658. The summed E-state index contributed by atoms with van der Waals surface area (Å²) >= 11 is 0. The number of H-pyrrole nitrogens is 1. The molecule has 0 unspecified atom stereocenters. The van der Waals surface area contributed by atoms with Gasteiger partial charge in [-0.25, -0.2) is 0 Å². The van der Waals surface area contributed by atoms with Gasteiger partial charge in [0.05, 0.1) is 11.6 Å². The third-order valence-electron chi connectivity index (χ3n) is 1.31. The first-order valence-electron chi connectivity index (χ1n) is 3.82. The van der Waals surface area contributed by atoms with Crippen LogP contribution in [-0.4, -0.2) is 10.2 Å². The van der Waals surface area contributed by atoms with Gasteiger partial charge in [0.2, 0.25) is 0 Å². The van der Waals surface area contributed by atoms with Gasteiger partial charge in [-0.15, -0.1) is 0 Å². The molecule has 0 fully saturated rings. The van der Waals surface area contributed by atoms with Gasteiger partial charge < -0.3 is 0 Å². The molecule has 3 heteroatoms. The maximum Gasteiger partial charge on any atom is 0.0991 e. The molecule has 0 atom stereocenters. The van der Waals surface area contributed by atoms with E-state index in [0.29, 0.717) is 5.56 Å². The normalized spacial score (nSPS) is 7.92. The highest BCUT2D eigenvalue weighted by molar-refractivity contribution is 5.27. The summed E-state index contributed by atoms with van der Waals surface area (Å²) in [7, 11) is 0. The van der Waals surface area contributed by atoms with Crippen molar-refractivity contribution in [1.82, 2.24) is 10.2 Å². The molecule has 0 saturated heterocycles. The summed E-state index contributed by atoms with van der Waals surface area (Å²) in [5.74, 6) is 0. The van der Waals surface area contributed by atoms with Crippen molar-refractivity contribution >= 4 is 0 Å². The van der Waals surface area contributed by atoms with E-state index < -0.39 is 0 Å². The highest BCUT2D eigenvalue weighted by Crippen LogP contribution is 1.93. The minimum atomic E-state index is 0.715. The lowest BCUT2D eigenvalue weighted by molar-refractivity contribution is 1.09. The topological polar surface area (TPSA) is 52.5 Å². The predicted octanol–water partition coefficient (Wildman–Crippen LogP) is 1.97. The maximum absolute atomic E-state index is 8.29. The molecule has 64 valence electrons. The van der Waals surface area contributed by atoms with Crippen LogP contribution in [0.3, 0.4) is 0 Å². The number of hydrogen-bond donors (Lipinski definition) is 1. The molecular weight excluding hydrogens is 162 g/mol. The Bertz CT molecular complexity index is 328. The Hall–Kier alpha value is -2.08. The minimum absolute atomic E-state index is 0.715. The van der Waals surface area contributed by atoms with Gasteiger partial charge in [-0.05, 0) is 18.2 Å². The molecule has 2 aromatic rings. The molecule has 1 aromatic carbocycles. The molecule has 0 amide bonds. The van der Waals surface area contributed by atoms with Crippen molar-refractivity contribution in [2.45, 2.75) is 0 Å². The van der Waals surface area contributed by atoms with Crippen molar-refractivity contribution in [3.05, 3.63) is 54.4 Å².